The predicted molar refractivity (Wildman–Crippen MR) is 104 cm³/mol. The second-order valence-corrected chi connectivity index (χ2v) is 8.18. The van der Waals surface area contributed by atoms with Crippen molar-refractivity contribution >= 4 is 17.0 Å². The van der Waals surface area contributed by atoms with Gasteiger partial charge in [0.15, 0.2) is 0 Å². The van der Waals surface area contributed by atoms with Crippen LogP contribution >= 0.6 is 0 Å². The van der Waals surface area contributed by atoms with E-state index in [-0.39, 0.29) is 28.9 Å². The minimum Gasteiger partial charge on any atom is -0.335 e. The second-order valence-electron chi connectivity index (χ2n) is 8.18. The number of alkyl halides is 3. The number of aromatic nitrogens is 2. The number of fused-ring (bicyclic) bond motifs is 1. The molecule has 156 valence electrons. The summed E-state index contributed by atoms with van der Waals surface area (Å²) in [6, 6.07) is 6.89. The molecular formula is C22H20F3N3O2. The monoisotopic (exact) mass is 415 g/mol. The largest absolute Gasteiger partial charge is 0.417 e. The van der Waals surface area contributed by atoms with Gasteiger partial charge < -0.3 is 9.42 Å². The van der Waals surface area contributed by atoms with Gasteiger partial charge in [0.25, 0.3) is 11.6 Å². The van der Waals surface area contributed by atoms with Crippen LogP contribution in [-0.2, 0) is 6.18 Å². The van der Waals surface area contributed by atoms with Crippen LogP contribution in [0.25, 0.3) is 22.4 Å². The van der Waals surface area contributed by atoms with Crippen LogP contribution in [0.2, 0.25) is 0 Å². The van der Waals surface area contributed by atoms with Gasteiger partial charge in [0.1, 0.15) is 0 Å². The summed E-state index contributed by atoms with van der Waals surface area (Å²) < 4.78 is 46.0. The molecule has 5 rings (SSSR count). The van der Waals surface area contributed by atoms with Gasteiger partial charge >= 0.3 is 6.18 Å². The molecule has 0 aliphatic heterocycles. The summed E-state index contributed by atoms with van der Waals surface area (Å²) >= 11 is 0. The third kappa shape index (κ3) is 3.44. The van der Waals surface area contributed by atoms with Crippen molar-refractivity contribution in [2.75, 3.05) is 6.54 Å². The summed E-state index contributed by atoms with van der Waals surface area (Å²) in [7, 11) is 0. The molecule has 30 heavy (non-hydrogen) atoms. The molecule has 8 heteroatoms. The van der Waals surface area contributed by atoms with Crippen molar-refractivity contribution in [1.29, 1.82) is 0 Å². The number of nitrogens with zero attached hydrogens (tertiary/aromatic N) is 3. The molecule has 1 amide bonds. The molecular weight excluding hydrogens is 395 g/mol. The number of halogens is 3. The molecule has 0 atom stereocenters. The minimum absolute atomic E-state index is 0.0529. The maximum atomic E-state index is 13.6. The Bertz CT molecular complexity index is 1130. The van der Waals surface area contributed by atoms with E-state index >= 15 is 0 Å². The van der Waals surface area contributed by atoms with Gasteiger partial charge in [-0.15, -0.1) is 0 Å². The highest BCUT2D eigenvalue weighted by atomic mass is 19.4. The van der Waals surface area contributed by atoms with Gasteiger partial charge in [0.2, 0.25) is 0 Å². The van der Waals surface area contributed by atoms with Crippen molar-refractivity contribution in [3.8, 4) is 11.3 Å². The Balaban J connectivity index is 1.66. The first kappa shape index (κ1) is 19.1. The van der Waals surface area contributed by atoms with E-state index < -0.39 is 11.7 Å². The lowest BCUT2D eigenvalue weighted by atomic mass is 10.00. The first-order chi connectivity index (χ1) is 14.3. The fourth-order valence-electron chi connectivity index (χ4n) is 3.87. The van der Waals surface area contributed by atoms with Crippen LogP contribution < -0.4 is 0 Å². The number of carbonyl (C=O) groups excluding carboxylic acids is 1. The molecule has 2 heterocycles. The number of carbonyl (C=O) groups is 1. The molecule has 3 aromatic rings. The fourth-order valence-corrected chi connectivity index (χ4v) is 3.87. The maximum absolute atomic E-state index is 13.6. The lowest BCUT2D eigenvalue weighted by Gasteiger charge is -2.23. The highest BCUT2D eigenvalue weighted by molar-refractivity contribution is 6.07. The SMILES string of the molecule is Cc1noc2nc(-c3ccccc3C(F)(F)F)cc(C(=O)N(CC3CC3)C3CC3)c12. The molecule has 0 unspecified atom stereocenters. The highest BCUT2D eigenvalue weighted by Gasteiger charge is 2.38. The first-order valence-corrected chi connectivity index (χ1v) is 10.1. The second kappa shape index (κ2) is 6.82. The van der Waals surface area contributed by atoms with Crippen LogP contribution in [0.15, 0.2) is 34.9 Å². The van der Waals surface area contributed by atoms with E-state index in [1.807, 2.05) is 4.90 Å². The molecule has 0 bridgehead atoms. The zero-order valence-corrected chi connectivity index (χ0v) is 16.4. The van der Waals surface area contributed by atoms with Crippen LogP contribution in [0.4, 0.5) is 13.2 Å². The number of aryl methyl sites for hydroxylation is 1. The average Bonchev–Trinajstić information content (AvgIpc) is 3.64. The molecule has 2 fully saturated rings. The van der Waals surface area contributed by atoms with Crippen LogP contribution in [0.1, 0.15) is 47.3 Å². The molecule has 5 nitrogen and oxygen atoms in total. The Morgan fingerprint density at radius 3 is 2.60 bits per heavy atom. The molecule has 0 saturated heterocycles. The van der Waals surface area contributed by atoms with Gasteiger partial charge in [-0.2, -0.15) is 13.2 Å². The van der Waals surface area contributed by atoms with Crippen LogP contribution in [0, 0.1) is 12.8 Å². The number of rotatable bonds is 5. The van der Waals surface area contributed by atoms with Crippen molar-refractivity contribution in [3.63, 3.8) is 0 Å². The molecule has 2 aliphatic carbocycles. The van der Waals surface area contributed by atoms with Crippen LogP contribution in [0.5, 0.6) is 0 Å². The number of amides is 1. The summed E-state index contributed by atoms with van der Waals surface area (Å²) in [6.07, 6.45) is -0.406. The van der Waals surface area contributed by atoms with Gasteiger partial charge in [-0.3, -0.25) is 4.79 Å². The fraction of sp³-hybridized carbons (Fsp3) is 0.409. The standard InChI is InChI=1S/C22H20F3N3O2/c1-12-19-16(21(29)28(14-8-9-14)11-13-6-7-13)10-18(26-20(19)30-27-12)15-4-2-3-5-17(15)22(23,24)25/h2-5,10,13-14H,6-9,11H2,1H3. The normalized spacial score (nSPS) is 16.8. The topological polar surface area (TPSA) is 59.2 Å². The van der Waals surface area contributed by atoms with Crippen molar-refractivity contribution in [3.05, 3.63) is 47.2 Å². The Kier molecular flexibility index (Phi) is 4.34. The Hall–Kier alpha value is -2.90. The Morgan fingerprint density at radius 1 is 1.20 bits per heavy atom. The summed E-state index contributed by atoms with van der Waals surface area (Å²) in [5, 5.41) is 4.37. The van der Waals surface area contributed by atoms with E-state index in [9.17, 15) is 18.0 Å². The van der Waals surface area contributed by atoms with Gasteiger partial charge in [-0.1, -0.05) is 23.4 Å². The van der Waals surface area contributed by atoms with Gasteiger partial charge in [0, 0.05) is 18.2 Å². The lowest BCUT2D eigenvalue weighted by molar-refractivity contribution is -0.137. The molecule has 2 aromatic heterocycles. The Morgan fingerprint density at radius 2 is 1.93 bits per heavy atom. The van der Waals surface area contributed by atoms with Crippen molar-refractivity contribution in [1.82, 2.24) is 15.0 Å². The molecule has 0 spiro atoms. The van der Waals surface area contributed by atoms with E-state index in [2.05, 4.69) is 10.1 Å². The van der Waals surface area contributed by atoms with Crippen molar-refractivity contribution in [2.45, 2.75) is 44.8 Å². The summed E-state index contributed by atoms with van der Waals surface area (Å²) in [6.45, 7) is 2.39. The molecule has 2 saturated carbocycles. The first-order valence-electron chi connectivity index (χ1n) is 10.1. The third-order valence-corrected chi connectivity index (χ3v) is 5.76. The number of hydrogen-bond donors (Lipinski definition) is 0. The van der Waals surface area contributed by atoms with E-state index in [0.29, 0.717) is 29.1 Å². The molecule has 0 radical (unpaired) electrons. The van der Waals surface area contributed by atoms with E-state index in [1.165, 1.54) is 24.3 Å². The van der Waals surface area contributed by atoms with E-state index in [1.54, 1.807) is 6.92 Å². The maximum Gasteiger partial charge on any atom is 0.417 e. The quantitative estimate of drug-likeness (QED) is 0.572. The van der Waals surface area contributed by atoms with E-state index in [4.69, 9.17) is 4.52 Å². The summed E-state index contributed by atoms with van der Waals surface area (Å²) in [5.41, 5.74) is 0.0419. The van der Waals surface area contributed by atoms with Gasteiger partial charge in [0.05, 0.1) is 27.9 Å². The summed E-state index contributed by atoms with van der Waals surface area (Å²) in [5.74, 6) is 0.328. The number of benzene rings is 1. The number of pyridine rings is 1. The minimum atomic E-state index is -4.54. The average molecular weight is 415 g/mol. The third-order valence-electron chi connectivity index (χ3n) is 5.76. The van der Waals surface area contributed by atoms with Crippen LogP contribution in [0.3, 0.4) is 0 Å². The lowest BCUT2D eigenvalue weighted by Crippen LogP contribution is -2.35. The van der Waals surface area contributed by atoms with Gasteiger partial charge in [-0.25, -0.2) is 4.98 Å². The van der Waals surface area contributed by atoms with Crippen molar-refractivity contribution in [2.24, 2.45) is 5.92 Å². The molecule has 0 N–H and O–H groups in total. The highest BCUT2D eigenvalue weighted by Crippen LogP contribution is 2.39. The predicted octanol–water partition coefficient (Wildman–Crippen LogP) is 5.23. The zero-order chi connectivity index (χ0) is 21.0. The smallest absolute Gasteiger partial charge is 0.335 e. The Labute approximate surface area is 170 Å². The molecule has 1 aromatic carbocycles. The van der Waals surface area contributed by atoms with Gasteiger partial charge in [-0.05, 0) is 50.7 Å². The number of hydrogen-bond acceptors (Lipinski definition) is 4. The molecule has 2 aliphatic rings. The van der Waals surface area contributed by atoms with E-state index in [0.717, 1.165) is 31.7 Å². The zero-order valence-electron chi connectivity index (χ0n) is 16.4. The summed E-state index contributed by atoms with van der Waals surface area (Å²) in [4.78, 5) is 19.7. The van der Waals surface area contributed by atoms with Crippen LogP contribution in [-0.4, -0.2) is 33.5 Å². The van der Waals surface area contributed by atoms with Crippen molar-refractivity contribution < 1.29 is 22.5 Å².